The molecule has 1 aliphatic heterocycles. The summed E-state index contributed by atoms with van der Waals surface area (Å²) in [5, 5.41) is 4.80. The summed E-state index contributed by atoms with van der Waals surface area (Å²) in [5.74, 6) is 1.76. The summed E-state index contributed by atoms with van der Waals surface area (Å²) in [7, 11) is 0. The van der Waals surface area contributed by atoms with Crippen LogP contribution in [0.25, 0.3) is 10.9 Å². The molecular formula is C16H21N3. The standard InChI is InChI=1S/C16H21N3/c1-12(2)15-11-19(10-9-17-15)16-8-7-13-5-3-4-6-14(13)18-16/h3-8,12,15,17H,9-11H2,1-2H3. The lowest BCUT2D eigenvalue weighted by molar-refractivity contribution is 0.367. The van der Waals surface area contributed by atoms with Crippen LogP contribution in [0.3, 0.4) is 0 Å². The molecule has 1 atom stereocenters. The Bertz CT molecular complexity index is 565. The average Bonchev–Trinajstić information content (AvgIpc) is 2.47. The number of fused-ring (bicyclic) bond motifs is 1. The molecule has 1 unspecified atom stereocenters. The van der Waals surface area contributed by atoms with E-state index in [0.717, 1.165) is 31.0 Å². The Labute approximate surface area is 114 Å². The second-order valence-electron chi connectivity index (χ2n) is 5.61. The van der Waals surface area contributed by atoms with E-state index in [0.29, 0.717) is 12.0 Å². The van der Waals surface area contributed by atoms with Gasteiger partial charge in [0.2, 0.25) is 0 Å². The van der Waals surface area contributed by atoms with Gasteiger partial charge >= 0.3 is 0 Å². The average molecular weight is 255 g/mol. The van der Waals surface area contributed by atoms with Gasteiger partial charge in [-0.2, -0.15) is 0 Å². The van der Waals surface area contributed by atoms with E-state index in [2.05, 4.69) is 54.4 Å². The van der Waals surface area contributed by atoms with E-state index < -0.39 is 0 Å². The third kappa shape index (κ3) is 2.56. The molecule has 1 aliphatic rings. The van der Waals surface area contributed by atoms with Crippen molar-refractivity contribution in [2.45, 2.75) is 19.9 Å². The lowest BCUT2D eigenvalue weighted by Crippen LogP contribution is -2.53. The van der Waals surface area contributed by atoms with Gasteiger partial charge in [0.05, 0.1) is 5.52 Å². The van der Waals surface area contributed by atoms with Gasteiger partial charge in [-0.05, 0) is 24.1 Å². The highest BCUT2D eigenvalue weighted by Crippen LogP contribution is 2.20. The number of rotatable bonds is 2. The third-order valence-corrected chi connectivity index (χ3v) is 3.92. The summed E-state index contributed by atoms with van der Waals surface area (Å²) in [4.78, 5) is 7.19. The fourth-order valence-electron chi connectivity index (χ4n) is 2.66. The molecule has 1 fully saturated rings. The van der Waals surface area contributed by atoms with E-state index in [1.807, 2.05) is 6.07 Å². The monoisotopic (exact) mass is 255 g/mol. The SMILES string of the molecule is CC(C)C1CN(c2ccc3ccccc3n2)CCN1. The number of nitrogens with one attached hydrogen (secondary N) is 1. The van der Waals surface area contributed by atoms with Crippen molar-refractivity contribution in [3.8, 4) is 0 Å². The van der Waals surface area contributed by atoms with Gasteiger partial charge in [0.15, 0.2) is 0 Å². The van der Waals surface area contributed by atoms with Gasteiger partial charge < -0.3 is 10.2 Å². The largest absolute Gasteiger partial charge is 0.354 e. The van der Waals surface area contributed by atoms with Crippen LogP contribution in [-0.2, 0) is 0 Å². The Kier molecular flexibility index (Phi) is 3.38. The second kappa shape index (κ2) is 5.17. The minimum absolute atomic E-state index is 0.557. The van der Waals surface area contributed by atoms with Crippen LogP contribution in [0.4, 0.5) is 5.82 Å². The third-order valence-electron chi connectivity index (χ3n) is 3.92. The number of hydrogen-bond acceptors (Lipinski definition) is 3. The number of piperazine rings is 1. The Morgan fingerprint density at radius 2 is 2.05 bits per heavy atom. The molecule has 1 saturated heterocycles. The quantitative estimate of drug-likeness (QED) is 0.894. The zero-order valence-corrected chi connectivity index (χ0v) is 11.6. The van der Waals surface area contributed by atoms with Crippen molar-refractivity contribution in [3.05, 3.63) is 36.4 Å². The van der Waals surface area contributed by atoms with E-state index in [-0.39, 0.29) is 0 Å². The van der Waals surface area contributed by atoms with Crippen LogP contribution in [0.15, 0.2) is 36.4 Å². The van der Waals surface area contributed by atoms with E-state index in [1.54, 1.807) is 0 Å². The number of pyridine rings is 1. The summed E-state index contributed by atoms with van der Waals surface area (Å²) >= 11 is 0. The second-order valence-corrected chi connectivity index (χ2v) is 5.61. The first kappa shape index (κ1) is 12.4. The predicted octanol–water partition coefficient (Wildman–Crippen LogP) is 2.67. The van der Waals surface area contributed by atoms with Crippen LogP contribution < -0.4 is 10.2 Å². The summed E-state index contributed by atoms with van der Waals surface area (Å²) in [6.07, 6.45) is 0. The molecule has 0 saturated carbocycles. The molecule has 0 radical (unpaired) electrons. The van der Waals surface area contributed by atoms with Crippen LogP contribution in [-0.4, -0.2) is 30.7 Å². The Hall–Kier alpha value is -1.61. The van der Waals surface area contributed by atoms with Crippen LogP contribution in [0.2, 0.25) is 0 Å². The molecule has 100 valence electrons. The Morgan fingerprint density at radius 1 is 1.21 bits per heavy atom. The number of benzene rings is 1. The van der Waals surface area contributed by atoms with Gasteiger partial charge in [0.25, 0.3) is 0 Å². The molecule has 1 N–H and O–H groups in total. The first-order valence-corrected chi connectivity index (χ1v) is 7.08. The van der Waals surface area contributed by atoms with Gasteiger partial charge in [-0.3, -0.25) is 0 Å². The van der Waals surface area contributed by atoms with Gasteiger partial charge in [-0.25, -0.2) is 4.98 Å². The molecule has 3 heteroatoms. The number of anilines is 1. The molecule has 2 heterocycles. The highest BCUT2D eigenvalue weighted by Gasteiger charge is 2.22. The molecule has 1 aromatic heterocycles. The molecule has 0 spiro atoms. The van der Waals surface area contributed by atoms with Crippen molar-refractivity contribution < 1.29 is 0 Å². The minimum atomic E-state index is 0.557. The van der Waals surface area contributed by atoms with E-state index in [9.17, 15) is 0 Å². The van der Waals surface area contributed by atoms with Crippen molar-refractivity contribution in [3.63, 3.8) is 0 Å². The fraction of sp³-hybridized carbons (Fsp3) is 0.438. The maximum absolute atomic E-state index is 4.79. The number of nitrogens with zero attached hydrogens (tertiary/aromatic N) is 2. The smallest absolute Gasteiger partial charge is 0.129 e. The molecular weight excluding hydrogens is 234 g/mol. The molecule has 1 aromatic carbocycles. The van der Waals surface area contributed by atoms with Crippen molar-refractivity contribution in [2.24, 2.45) is 5.92 Å². The van der Waals surface area contributed by atoms with Crippen LogP contribution >= 0.6 is 0 Å². The molecule has 3 nitrogen and oxygen atoms in total. The maximum Gasteiger partial charge on any atom is 0.129 e. The van der Waals surface area contributed by atoms with Gasteiger partial charge in [0.1, 0.15) is 5.82 Å². The van der Waals surface area contributed by atoms with Crippen molar-refractivity contribution >= 4 is 16.7 Å². The summed E-state index contributed by atoms with van der Waals surface area (Å²) in [6.45, 7) is 7.67. The van der Waals surface area contributed by atoms with Crippen molar-refractivity contribution in [1.29, 1.82) is 0 Å². The molecule has 3 rings (SSSR count). The maximum atomic E-state index is 4.79. The summed E-state index contributed by atoms with van der Waals surface area (Å²) < 4.78 is 0. The topological polar surface area (TPSA) is 28.2 Å². The normalized spacial score (nSPS) is 20.2. The zero-order chi connectivity index (χ0) is 13.2. The lowest BCUT2D eigenvalue weighted by atomic mass is 10.0. The van der Waals surface area contributed by atoms with Crippen LogP contribution in [0, 0.1) is 5.92 Å². The van der Waals surface area contributed by atoms with Crippen LogP contribution in [0.1, 0.15) is 13.8 Å². The van der Waals surface area contributed by atoms with E-state index in [4.69, 9.17) is 4.98 Å². The molecule has 0 amide bonds. The number of hydrogen-bond donors (Lipinski definition) is 1. The predicted molar refractivity (Wildman–Crippen MR) is 80.6 cm³/mol. The lowest BCUT2D eigenvalue weighted by Gasteiger charge is -2.36. The van der Waals surface area contributed by atoms with Crippen LogP contribution in [0.5, 0.6) is 0 Å². The van der Waals surface area contributed by atoms with Crippen molar-refractivity contribution in [2.75, 3.05) is 24.5 Å². The highest BCUT2D eigenvalue weighted by atomic mass is 15.2. The van der Waals surface area contributed by atoms with Gasteiger partial charge in [0, 0.05) is 31.1 Å². The summed E-state index contributed by atoms with van der Waals surface area (Å²) in [6, 6.07) is 13.2. The van der Waals surface area contributed by atoms with E-state index in [1.165, 1.54) is 5.39 Å². The fourth-order valence-corrected chi connectivity index (χ4v) is 2.66. The van der Waals surface area contributed by atoms with Gasteiger partial charge in [-0.15, -0.1) is 0 Å². The molecule has 2 aromatic rings. The molecule has 0 bridgehead atoms. The Morgan fingerprint density at radius 3 is 2.89 bits per heavy atom. The molecule has 0 aliphatic carbocycles. The number of aromatic nitrogens is 1. The van der Waals surface area contributed by atoms with Crippen molar-refractivity contribution in [1.82, 2.24) is 10.3 Å². The highest BCUT2D eigenvalue weighted by molar-refractivity contribution is 5.80. The van der Waals surface area contributed by atoms with Gasteiger partial charge in [-0.1, -0.05) is 32.0 Å². The molecule has 19 heavy (non-hydrogen) atoms. The Balaban J connectivity index is 1.87. The minimum Gasteiger partial charge on any atom is -0.354 e. The zero-order valence-electron chi connectivity index (χ0n) is 11.6. The van der Waals surface area contributed by atoms with E-state index >= 15 is 0 Å². The summed E-state index contributed by atoms with van der Waals surface area (Å²) in [5.41, 5.74) is 1.08. The first-order valence-electron chi connectivity index (χ1n) is 7.08. The number of para-hydroxylation sites is 1. The first-order chi connectivity index (χ1) is 9.24.